The minimum absolute atomic E-state index is 0.173. The summed E-state index contributed by atoms with van der Waals surface area (Å²) < 4.78 is 250. The van der Waals surface area contributed by atoms with Crippen LogP contribution in [0.3, 0.4) is 0 Å². The lowest BCUT2D eigenvalue weighted by molar-refractivity contribution is -0.461. The van der Waals surface area contributed by atoms with E-state index >= 15 is 0 Å². The zero-order valence-corrected chi connectivity index (χ0v) is 32.4. The summed E-state index contributed by atoms with van der Waals surface area (Å²) in [4.78, 5) is 11.8. The van der Waals surface area contributed by atoms with Gasteiger partial charge in [0.25, 0.3) is 0 Å². The molecule has 0 heterocycles. The number of alkyl halides is 17. The minimum Gasteiger partial charge on any atom is -0.491 e. The Morgan fingerprint density at radius 2 is 1.14 bits per heavy atom. The van der Waals surface area contributed by atoms with E-state index in [1.54, 1.807) is 26.8 Å². The number of carbonyl (C=O) groups excluding carboxylic acids is 1. The number of rotatable bonds is 22. The lowest BCUT2D eigenvalue weighted by Gasteiger charge is -2.44. The number of benzene rings is 1. The average Bonchev–Trinajstić information content (AvgIpc) is 3.08. The van der Waals surface area contributed by atoms with Crippen molar-refractivity contribution in [1.82, 2.24) is 0 Å². The van der Waals surface area contributed by atoms with Crippen LogP contribution in [0.1, 0.15) is 73.0 Å². The van der Waals surface area contributed by atoms with Crippen LogP contribution in [0.25, 0.3) is 0 Å². The molecule has 0 aromatic heterocycles. The molecule has 5 nitrogen and oxygen atoms in total. The standard InChI is InChI=1S/C34H43F17O5Si/c1-8-54-26(53)22(7)10-9-21(6)25(52)23-11-13-24(14-12-23)55-16-17-56-57(19(2)3,20(4)5)18-15-27(35,36)28(37,38)29(39,40)30(41,42)31(43,44)32(45,46)33(47,48)34(49,50)51/h10-14,19-21,25,52H,8-9,15-18H2,1-7H3/b22-10+/t21-,25+/m1/s1. The van der Waals surface area contributed by atoms with Crippen LogP contribution in [0, 0.1) is 5.92 Å². The molecule has 0 saturated carbocycles. The Kier molecular flexibility index (Phi) is 16.7. The van der Waals surface area contributed by atoms with Crippen LogP contribution in [0.2, 0.25) is 17.1 Å². The van der Waals surface area contributed by atoms with Crippen LogP contribution in [0.4, 0.5) is 74.6 Å². The highest BCUT2D eigenvalue weighted by Crippen LogP contribution is 2.64. The topological polar surface area (TPSA) is 65.0 Å². The van der Waals surface area contributed by atoms with E-state index in [2.05, 4.69) is 0 Å². The van der Waals surface area contributed by atoms with Gasteiger partial charge in [-0.05, 0) is 61.0 Å². The summed E-state index contributed by atoms with van der Waals surface area (Å²) >= 11 is 0. The highest BCUT2D eigenvalue weighted by Gasteiger charge is 2.95. The number of carbonyl (C=O) groups is 1. The molecule has 1 aromatic carbocycles. The lowest BCUT2D eigenvalue weighted by atomic mass is 9.88. The summed E-state index contributed by atoms with van der Waals surface area (Å²) in [5, 5.41) is 10.7. The molecule has 0 aliphatic rings. The van der Waals surface area contributed by atoms with E-state index < -0.39 is 98.2 Å². The van der Waals surface area contributed by atoms with E-state index in [1.165, 1.54) is 52.0 Å². The van der Waals surface area contributed by atoms with Gasteiger partial charge in [-0.25, -0.2) is 4.79 Å². The first kappa shape index (κ1) is 52.2. The molecule has 332 valence electrons. The van der Waals surface area contributed by atoms with Gasteiger partial charge in [0.15, 0.2) is 8.32 Å². The number of aliphatic hydroxyl groups is 1. The summed E-state index contributed by atoms with van der Waals surface area (Å²) in [5.41, 5.74) is -0.917. The number of allylic oxidation sites excluding steroid dienone is 1. The van der Waals surface area contributed by atoms with Gasteiger partial charge in [0.1, 0.15) is 12.4 Å². The predicted octanol–water partition coefficient (Wildman–Crippen LogP) is 11.8. The van der Waals surface area contributed by atoms with Gasteiger partial charge in [0.2, 0.25) is 0 Å². The molecule has 0 bridgehead atoms. The molecule has 1 aromatic rings. The maximum absolute atomic E-state index is 14.9. The van der Waals surface area contributed by atoms with Crippen molar-refractivity contribution in [1.29, 1.82) is 0 Å². The molecule has 0 amide bonds. The van der Waals surface area contributed by atoms with Crippen molar-refractivity contribution in [3.8, 4) is 5.75 Å². The molecule has 1 N–H and O–H groups in total. The summed E-state index contributed by atoms with van der Waals surface area (Å²) in [6.07, 6.45) is -9.45. The Morgan fingerprint density at radius 3 is 1.56 bits per heavy atom. The van der Waals surface area contributed by atoms with E-state index in [-0.39, 0.29) is 24.9 Å². The molecule has 2 atom stereocenters. The fourth-order valence-corrected chi connectivity index (χ4v) is 10.1. The molecule has 0 unspecified atom stereocenters. The maximum Gasteiger partial charge on any atom is 0.460 e. The highest BCUT2D eigenvalue weighted by molar-refractivity contribution is 6.76. The first-order valence-electron chi connectivity index (χ1n) is 17.1. The number of hydrogen-bond acceptors (Lipinski definition) is 5. The summed E-state index contributed by atoms with van der Waals surface area (Å²) in [7, 11) is -3.94. The van der Waals surface area contributed by atoms with Crippen molar-refractivity contribution in [2.24, 2.45) is 5.92 Å². The average molecular weight is 883 g/mol. The molecular weight excluding hydrogens is 839 g/mol. The maximum atomic E-state index is 14.9. The molecule has 0 radical (unpaired) electrons. The third-order valence-electron chi connectivity index (χ3n) is 9.45. The Balaban J connectivity index is 3.18. The SMILES string of the molecule is CCOC(=O)/C(C)=C/C[C@@H](C)[C@H](O)c1ccc(OCCO[Si](CCC(F)(F)C(F)(F)C(F)(F)C(F)(F)C(F)(F)C(F)(F)C(F)(F)C(F)(F)F)(C(C)C)C(C)C)cc1. The highest BCUT2D eigenvalue weighted by atomic mass is 28.4. The van der Waals surface area contributed by atoms with Crippen molar-refractivity contribution >= 4 is 14.3 Å². The normalized spacial score (nSPS) is 15.9. The third-order valence-corrected chi connectivity index (χ3v) is 15.1. The van der Waals surface area contributed by atoms with Crippen LogP contribution in [-0.4, -0.2) is 86.8 Å². The van der Waals surface area contributed by atoms with Gasteiger partial charge in [-0.3, -0.25) is 0 Å². The molecule has 0 aliphatic heterocycles. The number of hydrogen-bond donors (Lipinski definition) is 1. The number of halogens is 17. The number of esters is 1. The zero-order valence-electron chi connectivity index (χ0n) is 31.4. The second-order valence-corrected chi connectivity index (χ2v) is 19.0. The van der Waals surface area contributed by atoms with Crippen LogP contribution in [-0.2, 0) is 14.0 Å². The first-order chi connectivity index (χ1) is 25.5. The second kappa shape index (κ2) is 18.2. The number of aliphatic hydroxyl groups excluding tert-OH is 1. The smallest absolute Gasteiger partial charge is 0.460 e. The zero-order chi connectivity index (χ0) is 45.0. The second-order valence-electron chi connectivity index (χ2n) is 13.9. The third kappa shape index (κ3) is 10.1. The van der Waals surface area contributed by atoms with E-state index in [0.717, 1.165) is 0 Å². The van der Waals surface area contributed by atoms with Gasteiger partial charge in [0.05, 0.1) is 19.3 Å². The van der Waals surface area contributed by atoms with Crippen molar-refractivity contribution < 1.29 is 98.4 Å². The molecule has 0 aliphatic carbocycles. The van der Waals surface area contributed by atoms with Gasteiger partial charge in [-0.2, -0.15) is 74.6 Å². The van der Waals surface area contributed by atoms with Crippen molar-refractivity contribution in [3.05, 3.63) is 41.5 Å². The van der Waals surface area contributed by atoms with Gasteiger partial charge in [0, 0.05) is 12.0 Å². The fourth-order valence-electron chi connectivity index (χ4n) is 5.66. The van der Waals surface area contributed by atoms with Crippen LogP contribution in [0.15, 0.2) is 35.9 Å². The molecular formula is C34H43F17O5Si. The predicted molar refractivity (Wildman–Crippen MR) is 173 cm³/mol. The molecule has 1 rings (SSSR count). The lowest BCUT2D eigenvalue weighted by Crippen LogP contribution is -2.74. The van der Waals surface area contributed by atoms with Gasteiger partial charge in [-0.15, -0.1) is 0 Å². The Labute approximate surface area is 318 Å². The monoisotopic (exact) mass is 882 g/mol. The van der Waals surface area contributed by atoms with Crippen LogP contribution in [0.5, 0.6) is 5.75 Å². The molecule has 0 spiro atoms. The van der Waals surface area contributed by atoms with E-state index in [4.69, 9.17) is 13.9 Å². The molecule has 0 saturated heterocycles. The van der Waals surface area contributed by atoms with Crippen LogP contribution >= 0.6 is 0 Å². The first-order valence-corrected chi connectivity index (χ1v) is 19.4. The van der Waals surface area contributed by atoms with Crippen molar-refractivity contribution in [2.45, 2.75) is 132 Å². The summed E-state index contributed by atoms with van der Waals surface area (Å²) in [6, 6.07) is 4.51. The Morgan fingerprint density at radius 1 is 0.702 bits per heavy atom. The summed E-state index contributed by atoms with van der Waals surface area (Å²) in [6.45, 7) is 9.54. The fraction of sp³-hybridized carbons (Fsp3) is 0.735. The Hall–Kier alpha value is -2.82. The number of ether oxygens (including phenoxy) is 2. The van der Waals surface area contributed by atoms with E-state index in [1.807, 2.05) is 0 Å². The van der Waals surface area contributed by atoms with Crippen molar-refractivity contribution in [3.63, 3.8) is 0 Å². The largest absolute Gasteiger partial charge is 0.491 e. The molecule has 0 fully saturated rings. The van der Waals surface area contributed by atoms with E-state index in [0.29, 0.717) is 17.6 Å². The Bertz CT molecular complexity index is 1490. The van der Waals surface area contributed by atoms with Gasteiger partial charge in [-0.1, -0.05) is 52.8 Å². The van der Waals surface area contributed by atoms with Crippen molar-refractivity contribution in [2.75, 3.05) is 19.8 Å². The van der Waals surface area contributed by atoms with Gasteiger partial charge < -0.3 is 19.0 Å². The van der Waals surface area contributed by atoms with Crippen LogP contribution < -0.4 is 4.74 Å². The quantitative estimate of drug-likeness (QED) is 0.0413. The summed E-state index contributed by atoms with van der Waals surface area (Å²) in [5.74, 6) is -57.4. The van der Waals surface area contributed by atoms with Gasteiger partial charge >= 0.3 is 53.6 Å². The minimum atomic E-state index is -8.68. The van der Waals surface area contributed by atoms with E-state index in [9.17, 15) is 84.5 Å². The molecule has 23 heteroatoms. The molecule has 57 heavy (non-hydrogen) atoms.